The molecule has 0 saturated carbocycles. The highest BCUT2D eigenvalue weighted by molar-refractivity contribution is 6.01. The van der Waals surface area contributed by atoms with Gasteiger partial charge in [0, 0.05) is 30.0 Å². The quantitative estimate of drug-likeness (QED) is 0.350. The van der Waals surface area contributed by atoms with E-state index in [1.54, 1.807) is 26.0 Å². The lowest BCUT2D eigenvalue weighted by Gasteiger charge is -2.12. The van der Waals surface area contributed by atoms with Gasteiger partial charge in [0.05, 0.1) is 48.9 Å². The second kappa shape index (κ2) is 8.74. The fourth-order valence-electron chi connectivity index (χ4n) is 3.26. The Labute approximate surface area is 177 Å². The Hall–Kier alpha value is -4.08. The summed E-state index contributed by atoms with van der Waals surface area (Å²) in [7, 11) is 4.53. The van der Waals surface area contributed by atoms with Crippen LogP contribution in [-0.2, 0) is 0 Å². The van der Waals surface area contributed by atoms with Crippen molar-refractivity contribution in [2.24, 2.45) is 4.99 Å². The molecule has 0 bridgehead atoms. The van der Waals surface area contributed by atoms with Crippen molar-refractivity contribution in [3.05, 3.63) is 68.1 Å². The monoisotopic (exact) mass is 426 g/mol. The maximum absolute atomic E-state index is 13.0. The van der Waals surface area contributed by atoms with Crippen molar-refractivity contribution in [3.63, 3.8) is 0 Å². The first-order valence-electron chi connectivity index (χ1n) is 9.22. The fraction of sp³-hybridized carbons (Fsp3) is 0.238. The average molecular weight is 426 g/mol. The summed E-state index contributed by atoms with van der Waals surface area (Å²) in [5.74, 6) is 1.34. The van der Waals surface area contributed by atoms with Gasteiger partial charge < -0.3 is 14.2 Å². The smallest absolute Gasteiger partial charge is 0.280 e. The number of methoxy groups -OCH3 is 3. The van der Waals surface area contributed by atoms with Crippen molar-refractivity contribution in [2.75, 3.05) is 21.3 Å². The van der Waals surface area contributed by atoms with E-state index in [0.29, 0.717) is 45.6 Å². The van der Waals surface area contributed by atoms with E-state index in [2.05, 4.69) is 10.1 Å². The van der Waals surface area contributed by atoms with Gasteiger partial charge in [-0.2, -0.15) is 0 Å². The summed E-state index contributed by atoms with van der Waals surface area (Å²) in [6.45, 7) is 3.48. The number of rotatable bonds is 7. The third-order valence-corrected chi connectivity index (χ3v) is 4.70. The van der Waals surface area contributed by atoms with Crippen LogP contribution in [0.1, 0.15) is 18.2 Å². The lowest BCUT2D eigenvalue weighted by atomic mass is 10.1. The van der Waals surface area contributed by atoms with E-state index < -0.39 is 4.92 Å². The van der Waals surface area contributed by atoms with Crippen molar-refractivity contribution in [1.82, 2.24) is 9.78 Å². The predicted octanol–water partition coefficient (Wildman–Crippen LogP) is 3.55. The Morgan fingerprint density at radius 1 is 1.06 bits per heavy atom. The normalized spacial score (nSPS) is 11.3. The minimum atomic E-state index is -0.494. The molecule has 0 amide bonds. The molecule has 0 fully saturated rings. The maximum Gasteiger partial charge on any atom is 0.280 e. The number of hydrogen-bond acceptors (Lipinski definition) is 7. The van der Waals surface area contributed by atoms with Crippen molar-refractivity contribution in [1.29, 1.82) is 0 Å². The van der Waals surface area contributed by atoms with Crippen LogP contribution in [0.15, 0.2) is 46.2 Å². The summed E-state index contributed by atoms with van der Waals surface area (Å²) in [4.78, 5) is 28.0. The molecule has 1 heterocycles. The Bertz CT molecular complexity index is 1180. The van der Waals surface area contributed by atoms with Crippen molar-refractivity contribution in [3.8, 4) is 22.9 Å². The highest BCUT2D eigenvalue weighted by atomic mass is 16.6. The number of nitrogens with one attached hydrogen (secondary N) is 1. The number of aryl methyl sites for hydroxylation is 1. The first-order chi connectivity index (χ1) is 14.8. The van der Waals surface area contributed by atoms with Crippen molar-refractivity contribution < 1.29 is 19.1 Å². The molecule has 0 atom stereocenters. The van der Waals surface area contributed by atoms with Gasteiger partial charge in [-0.25, -0.2) is 4.68 Å². The summed E-state index contributed by atoms with van der Waals surface area (Å²) < 4.78 is 17.3. The van der Waals surface area contributed by atoms with Gasteiger partial charge in [0.15, 0.2) is 11.5 Å². The van der Waals surface area contributed by atoms with Crippen molar-refractivity contribution in [2.45, 2.75) is 13.8 Å². The second-order valence-electron chi connectivity index (χ2n) is 6.61. The fourth-order valence-corrected chi connectivity index (χ4v) is 3.26. The number of aromatic amines is 1. The molecule has 1 aromatic heterocycles. The topological polar surface area (TPSA) is 121 Å². The van der Waals surface area contributed by atoms with E-state index in [9.17, 15) is 14.9 Å². The van der Waals surface area contributed by atoms with Crippen LogP contribution < -0.4 is 19.8 Å². The summed E-state index contributed by atoms with van der Waals surface area (Å²) in [6.07, 6.45) is 0. The molecule has 2 aromatic carbocycles. The number of aromatic nitrogens is 2. The second-order valence-corrected chi connectivity index (χ2v) is 6.61. The molecule has 162 valence electrons. The van der Waals surface area contributed by atoms with E-state index in [0.717, 1.165) is 0 Å². The number of H-pyrrole nitrogens is 1. The minimum Gasteiger partial charge on any atom is -0.493 e. The molecule has 0 aliphatic carbocycles. The number of nitro groups is 1. The number of hydrogen-bond donors (Lipinski definition) is 1. The third kappa shape index (κ3) is 4.13. The largest absolute Gasteiger partial charge is 0.493 e. The van der Waals surface area contributed by atoms with Crippen LogP contribution in [0.4, 0.5) is 11.4 Å². The summed E-state index contributed by atoms with van der Waals surface area (Å²) in [5, 5.41) is 13.8. The molecular formula is C21H22N4O6. The molecule has 31 heavy (non-hydrogen) atoms. The van der Waals surface area contributed by atoms with Crippen LogP contribution in [0, 0.1) is 17.0 Å². The van der Waals surface area contributed by atoms with Gasteiger partial charge in [-0.3, -0.25) is 25.0 Å². The van der Waals surface area contributed by atoms with Gasteiger partial charge >= 0.3 is 0 Å². The lowest BCUT2D eigenvalue weighted by molar-refractivity contribution is -0.384. The summed E-state index contributed by atoms with van der Waals surface area (Å²) >= 11 is 0. The van der Waals surface area contributed by atoms with Gasteiger partial charge in [0.1, 0.15) is 0 Å². The third-order valence-electron chi connectivity index (χ3n) is 4.70. The lowest BCUT2D eigenvalue weighted by Crippen LogP contribution is -2.19. The van der Waals surface area contributed by atoms with Gasteiger partial charge in [0.25, 0.3) is 11.2 Å². The SMILES string of the molecule is COc1cc(N=C(C)c2c(C)[nH]n(-c3ccc([N+](=O)[O-])cc3)c2=O)cc(OC)c1OC. The molecule has 10 heteroatoms. The Morgan fingerprint density at radius 2 is 1.65 bits per heavy atom. The van der Waals surface area contributed by atoms with Crippen LogP contribution >= 0.6 is 0 Å². The van der Waals surface area contributed by atoms with Crippen molar-refractivity contribution >= 4 is 17.1 Å². The van der Waals surface area contributed by atoms with Crippen LogP contribution in [0.3, 0.4) is 0 Å². The summed E-state index contributed by atoms with van der Waals surface area (Å²) in [6, 6.07) is 9.06. The number of benzene rings is 2. The number of nitrogens with zero attached hydrogens (tertiary/aromatic N) is 3. The van der Waals surface area contributed by atoms with Crippen LogP contribution in [0.2, 0.25) is 0 Å². The molecule has 0 aliphatic heterocycles. The van der Waals surface area contributed by atoms with Gasteiger partial charge in [-0.05, 0) is 26.0 Å². The average Bonchev–Trinajstić information content (AvgIpc) is 3.06. The number of nitro benzene ring substituents is 1. The zero-order valence-electron chi connectivity index (χ0n) is 17.8. The van der Waals surface area contributed by atoms with Gasteiger partial charge in [-0.1, -0.05) is 0 Å². The van der Waals surface area contributed by atoms with E-state index in [4.69, 9.17) is 14.2 Å². The Kier molecular flexibility index (Phi) is 6.10. The van der Waals surface area contributed by atoms with Gasteiger partial charge in [-0.15, -0.1) is 0 Å². The molecule has 0 spiro atoms. The predicted molar refractivity (Wildman–Crippen MR) is 116 cm³/mol. The van der Waals surface area contributed by atoms with E-state index >= 15 is 0 Å². The zero-order valence-corrected chi connectivity index (χ0v) is 17.8. The summed E-state index contributed by atoms with van der Waals surface area (Å²) in [5.41, 5.74) is 2.11. The number of ether oxygens (including phenoxy) is 3. The van der Waals surface area contributed by atoms with Crippen LogP contribution in [0.5, 0.6) is 17.2 Å². The van der Waals surface area contributed by atoms with Crippen LogP contribution in [0.25, 0.3) is 5.69 Å². The Morgan fingerprint density at radius 3 is 2.13 bits per heavy atom. The van der Waals surface area contributed by atoms with Crippen LogP contribution in [-0.4, -0.2) is 41.7 Å². The highest BCUT2D eigenvalue weighted by Crippen LogP contribution is 2.41. The van der Waals surface area contributed by atoms with E-state index in [-0.39, 0.29) is 11.2 Å². The molecule has 10 nitrogen and oxygen atoms in total. The molecule has 3 aromatic rings. The molecular weight excluding hydrogens is 404 g/mol. The first-order valence-corrected chi connectivity index (χ1v) is 9.22. The Balaban J connectivity index is 2.05. The molecule has 3 rings (SSSR count). The molecule has 0 aliphatic rings. The number of aliphatic imine (C=N–C) groups is 1. The van der Waals surface area contributed by atoms with E-state index in [1.807, 2.05) is 0 Å². The molecule has 0 saturated heterocycles. The maximum atomic E-state index is 13.0. The van der Waals surface area contributed by atoms with E-state index in [1.165, 1.54) is 50.3 Å². The molecule has 1 N–H and O–H groups in total. The zero-order chi connectivity index (χ0) is 22.7. The number of non-ortho nitro benzene ring substituents is 1. The molecule has 0 radical (unpaired) electrons. The van der Waals surface area contributed by atoms with Gasteiger partial charge in [0.2, 0.25) is 5.75 Å². The minimum absolute atomic E-state index is 0.0551. The molecule has 0 unspecified atom stereocenters. The highest BCUT2D eigenvalue weighted by Gasteiger charge is 2.17. The first kappa shape index (κ1) is 21.6. The standard InChI is InChI=1S/C21H22N4O6/c1-12(22-14-10-17(29-3)20(31-5)18(11-14)30-4)19-13(2)23-24(21(19)26)15-6-8-16(9-7-15)25(27)28/h6-11,23H,1-5H3.